The van der Waals surface area contributed by atoms with Crippen molar-refractivity contribution in [3.8, 4) is 5.75 Å². The fourth-order valence-corrected chi connectivity index (χ4v) is 3.50. The topological polar surface area (TPSA) is 66.8 Å². The SMILES string of the molecule is COc1ccc(C2C(C(=O)CC(C)C)=C(O)C(=O)N2Cc2ccccc2)cc1. The number of hydrogen-bond acceptors (Lipinski definition) is 4. The van der Waals surface area contributed by atoms with Gasteiger partial charge in [0, 0.05) is 13.0 Å². The number of ether oxygens (including phenoxy) is 1. The molecule has 5 heteroatoms. The average molecular weight is 379 g/mol. The van der Waals surface area contributed by atoms with E-state index in [1.807, 2.05) is 56.3 Å². The van der Waals surface area contributed by atoms with E-state index in [9.17, 15) is 14.7 Å². The first-order chi connectivity index (χ1) is 13.4. The zero-order valence-electron chi connectivity index (χ0n) is 16.4. The fraction of sp³-hybridized carbons (Fsp3) is 0.304. The molecule has 1 aliphatic heterocycles. The number of Topliss-reactive ketones (excluding diaryl/α,β-unsaturated/α-hetero) is 1. The van der Waals surface area contributed by atoms with Crippen LogP contribution >= 0.6 is 0 Å². The summed E-state index contributed by atoms with van der Waals surface area (Å²) in [6.45, 7) is 4.19. The Balaban J connectivity index is 2.03. The molecule has 1 heterocycles. The molecule has 3 rings (SSSR count). The van der Waals surface area contributed by atoms with Crippen LogP contribution in [0.3, 0.4) is 0 Å². The summed E-state index contributed by atoms with van der Waals surface area (Å²) >= 11 is 0. The van der Waals surface area contributed by atoms with E-state index in [4.69, 9.17) is 4.74 Å². The summed E-state index contributed by atoms with van der Waals surface area (Å²) in [6.07, 6.45) is 0.276. The van der Waals surface area contributed by atoms with Gasteiger partial charge in [0.2, 0.25) is 0 Å². The number of benzene rings is 2. The van der Waals surface area contributed by atoms with Crippen LogP contribution in [0.15, 0.2) is 65.9 Å². The van der Waals surface area contributed by atoms with E-state index < -0.39 is 17.7 Å². The molecule has 0 radical (unpaired) electrons. The Labute approximate surface area is 165 Å². The van der Waals surface area contributed by atoms with E-state index in [1.165, 1.54) is 0 Å². The van der Waals surface area contributed by atoms with Gasteiger partial charge in [-0.25, -0.2) is 0 Å². The van der Waals surface area contributed by atoms with Gasteiger partial charge in [-0.3, -0.25) is 9.59 Å². The molecule has 0 saturated carbocycles. The van der Waals surface area contributed by atoms with Gasteiger partial charge in [-0.15, -0.1) is 0 Å². The molecule has 1 unspecified atom stereocenters. The Hall–Kier alpha value is -3.08. The van der Waals surface area contributed by atoms with E-state index >= 15 is 0 Å². The standard InChI is InChI=1S/C23H25NO4/c1-15(2)13-19(25)20-21(17-9-11-18(28-3)12-10-17)24(23(27)22(20)26)14-16-7-5-4-6-8-16/h4-12,15,21,26H,13-14H2,1-3H3. The Kier molecular flexibility index (Phi) is 5.83. The Morgan fingerprint density at radius 1 is 1.11 bits per heavy atom. The number of carbonyl (C=O) groups excluding carboxylic acids is 2. The van der Waals surface area contributed by atoms with Gasteiger partial charge in [0.15, 0.2) is 11.5 Å². The lowest BCUT2D eigenvalue weighted by Gasteiger charge is -2.27. The predicted molar refractivity (Wildman–Crippen MR) is 107 cm³/mol. The summed E-state index contributed by atoms with van der Waals surface area (Å²) in [5, 5.41) is 10.6. The van der Waals surface area contributed by atoms with Crippen molar-refractivity contribution >= 4 is 11.7 Å². The second-order valence-corrected chi connectivity index (χ2v) is 7.38. The van der Waals surface area contributed by atoms with Crippen LogP contribution in [0.25, 0.3) is 0 Å². The van der Waals surface area contributed by atoms with E-state index in [2.05, 4.69) is 0 Å². The number of amides is 1. The van der Waals surface area contributed by atoms with Crippen LogP contribution in [0, 0.1) is 5.92 Å². The molecular weight excluding hydrogens is 354 g/mol. The maximum absolute atomic E-state index is 12.9. The van der Waals surface area contributed by atoms with Crippen LogP contribution in [0.5, 0.6) is 5.75 Å². The van der Waals surface area contributed by atoms with Crippen LogP contribution in [-0.2, 0) is 16.1 Å². The molecule has 0 spiro atoms. The number of ketones is 1. The number of aliphatic hydroxyl groups is 1. The van der Waals surface area contributed by atoms with Crippen LogP contribution in [0.4, 0.5) is 0 Å². The highest BCUT2D eigenvalue weighted by molar-refractivity contribution is 6.09. The molecule has 1 atom stereocenters. The van der Waals surface area contributed by atoms with E-state index in [1.54, 1.807) is 24.1 Å². The van der Waals surface area contributed by atoms with Gasteiger partial charge in [0.1, 0.15) is 5.75 Å². The zero-order chi connectivity index (χ0) is 20.3. The highest BCUT2D eigenvalue weighted by atomic mass is 16.5. The molecule has 2 aromatic rings. The summed E-state index contributed by atoms with van der Waals surface area (Å²) in [4.78, 5) is 27.3. The van der Waals surface area contributed by atoms with Gasteiger partial charge in [0.05, 0.1) is 18.7 Å². The number of hydrogen-bond donors (Lipinski definition) is 1. The quantitative estimate of drug-likeness (QED) is 0.783. The lowest BCUT2D eigenvalue weighted by atomic mass is 9.92. The second kappa shape index (κ2) is 8.30. The van der Waals surface area contributed by atoms with Gasteiger partial charge in [-0.2, -0.15) is 0 Å². The van der Waals surface area contributed by atoms with Crippen molar-refractivity contribution in [1.82, 2.24) is 4.90 Å². The molecule has 146 valence electrons. The van der Waals surface area contributed by atoms with Gasteiger partial charge in [-0.1, -0.05) is 56.3 Å². The molecule has 1 amide bonds. The van der Waals surface area contributed by atoms with Crippen molar-refractivity contribution in [1.29, 1.82) is 0 Å². The summed E-state index contributed by atoms with van der Waals surface area (Å²) in [7, 11) is 1.58. The van der Waals surface area contributed by atoms with Crippen LogP contribution in [0.1, 0.15) is 37.4 Å². The number of rotatable bonds is 7. The van der Waals surface area contributed by atoms with Crippen molar-refractivity contribution in [2.45, 2.75) is 32.9 Å². The predicted octanol–water partition coefficient (Wildman–Crippen LogP) is 4.21. The first kappa shape index (κ1) is 19.7. The van der Waals surface area contributed by atoms with Crippen LogP contribution in [0.2, 0.25) is 0 Å². The number of aliphatic hydroxyl groups excluding tert-OH is 1. The minimum Gasteiger partial charge on any atom is -0.503 e. The van der Waals surface area contributed by atoms with E-state index in [0.717, 1.165) is 11.1 Å². The number of methoxy groups -OCH3 is 1. The Morgan fingerprint density at radius 2 is 1.75 bits per heavy atom. The highest BCUT2D eigenvalue weighted by Crippen LogP contribution is 2.40. The van der Waals surface area contributed by atoms with Gasteiger partial charge in [-0.05, 0) is 29.2 Å². The summed E-state index contributed by atoms with van der Waals surface area (Å²) in [6, 6.07) is 16.2. The molecule has 0 bridgehead atoms. The third-order valence-electron chi connectivity index (χ3n) is 4.83. The normalized spacial score (nSPS) is 16.8. The van der Waals surface area contributed by atoms with Crippen molar-refractivity contribution < 1.29 is 19.4 Å². The summed E-state index contributed by atoms with van der Waals surface area (Å²) in [5.41, 5.74) is 1.88. The van der Waals surface area contributed by atoms with Crippen molar-refractivity contribution in [2.24, 2.45) is 5.92 Å². The molecule has 2 aromatic carbocycles. The molecule has 5 nitrogen and oxygen atoms in total. The Morgan fingerprint density at radius 3 is 2.32 bits per heavy atom. The van der Waals surface area contributed by atoms with Crippen LogP contribution < -0.4 is 4.74 Å². The minimum absolute atomic E-state index is 0.127. The molecule has 0 saturated heterocycles. The fourth-order valence-electron chi connectivity index (χ4n) is 3.50. The monoisotopic (exact) mass is 379 g/mol. The molecule has 1 N–H and O–H groups in total. The van der Waals surface area contributed by atoms with Crippen molar-refractivity contribution in [3.05, 3.63) is 77.1 Å². The van der Waals surface area contributed by atoms with Gasteiger partial charge in [0.25, 0.3) is 5.91 Å². The second-order valence-electron chi connectivity index (χ2n) is 7.38. The van der Waals surface area contributed by atoms with Crippen molar-refractivity contribution in [3.63, 3.8) is 0 Å². The molecule has 1 aliphatic rings. The molecule has 0 aliphatic carbocycles. The minimum atomic E-state index is -0.620. The maximum atomic E-state index is 12.9. The first-order valence-electron chi connectivity index (χ1n) is 9.37. The van der Waals surface area contributed by atoms with Gasteiger partial charge >= 0.3 is 0 Å². The van der Waals surface area contributed by atoms with E-state index in [-0.39, 0.29) is 23.7 Å². The third-order valence-corrected chi connectivity index (χ3v) is 4.83. The first-order valence-corrected chi connectivity index (χ1v) is 9.37. The van der Waals surface area contributed by atoms with E-state index in [0.29, 0.717) is 12.3 Å². The molecule has 0 aromatic heterocycles. The summed E-state index contributed by atoms with van der Waals surface area (Å²) in [5.74, 6) is -0.343. The van der Waals surface area contributed by atoms with Gasteiger partial charge < -0.3 is 14.7 Å². The molecule has 0 fully saturated rings. The molecular formula is C23H25NO4. The third kappa shape index (κ3) is 3.93. The average Bonchev–Trinajstić information content (AvgIpc) is 2.93. The lowest BCUT2D eigenvalue weighted by molar-refractivity contribution is -0.130. The summed E-state index contributed by atoms with van der Waals surface area (Å²) < 4.78 is 5.21. The molecule has 28 heavy (non-hydrogen) atoms. The highest BCUT2D eigenvalue weighted by Gasteiger charge is 2.43. The van der Waals surface area contributed by atoms with Crippen molar-refractivity contribution in [2.75, 3.05) is 7.11 Å². The van der Waals surface area contributed by atoms with Crippen LogP contribution in [-0.4, -0.2) is 28.8 Å². The lowest BCUT2D eigenvalue weighted by Crippen LogP contribution is -2.30. The maximum Gasteiger partial charge on any atom is 0.290 e. The number of nitrogens with zero attached hydrogens (tertiary/aromatic N) is 1. The Bertz CT molecular complexity index is 885. The largest absolute Gasteiger partial charge is 0.503 e. The smallest absolute Gasteiger partial charge is 0.290 e. The number of carbonyl (C=O) groups is 2. The zero-order valence-corrected chi connectivity index (χ0v) is 16.4.